The van der Waals surface area contributed by atoms with Crippen LogP contribution in [0.1, 0.15) is 40.5 Å². The molecule has 2 aliphatic heterocycles. The number of ether oxygens (including phenoxy) is 2. The number of aromatic hydroxyl groups is 1. The van der Waals surface area contributed by atoms with Crippen molar-refractivity contribution in [2.45, 2.75) is 49.0 Å². The number of likely N-dealkylation sites (tertiary alicyclic amines) is 1. The Kier molecular flexibility index (Phi) is 3.81. The van der Waals surface area contributed by atoms with Crippen LogP contribution in [0.4, 0.5) is 0 Å². The molecule has 5 nitrogen and oxygen atoms in total. The fraction of sp³-hybridized carbons (Fsp3) is 0.333. The van der Waals surface area contributed by atoms with Crippen LogP contribution in [0.3, 0.4) is 0 Å². The van der Waals surface area contributed by atoms with Crippen molar-refractivity contribution in [3.05, 3.63) is 94.7 Å². The van der Waals surface area contributed by atoms with Gasteiger partial charge in [0.1, 0.15) is 16.9 Å². The summed E-state index contributed by atoms with van der Waals surface area (Å²) in [4.78, 5) is 2.48. The number of fused-ring (bicyclic) bond motifs is 4. The molecular formula is C30H27NO4. The Hall–Kier alpha value is -3.28. The molecule has 3 heterocycles. The standard InChI is InChI=1S/C30H27NO4/c1-31-14-13-29-25-19-11-12-22(32)27(25)35-28(29)26-21(20-9-5-6-10-23(20)34-26)16-30(29,24(31)15-19)33-17-18-7-3-2-4-8-18/h2-12,24,28,32H,13-17H2,1H3. The van der Waals surface area contributed by atoms with Crippen molar-refractivity contribution in [1.82, 2.24) is 4.90 Å². The fourth-order valence-corrected chi connectivity index (χ4v) is 7.72. The van der Waals surface area contributed by atoms with Gasteiger partial charge in [-0.2, -0.15) is 0 Å². The molecule has 176 valence electrons. The number of nitrogens with zero attached hydrogens (tertiary/aromatic N) is 1. The Morgan fingerprint density at radius 1 is 1.06 bits per heavy atom. The third kappa shape index (κ3) is 2.31. The molecule has 5 heteroatoms. The minimum absolute atomic E-state index is 0.191. The van der Waals surface area contributed by atoms with Gasteiger partial charge in [-0.15, -0.1) is 0 Å². The van der Waals surface area contributed by atoms with Gasteiger partial charge in [-0.3, -0.25) is 0 Å². The average molecular weight is 466 g/mol. The molecule has 4 atom stereocenters. The van der Waals surface area contributed by atoms with Crippen molar-refractivity contribution in [2.24, 2.45) is 0 Å². The van der Waals surface area contributed by atoms with E-state index in [1.807, 2.05) is 18.2 Å². The first kappa shape index (κ1) is 20.0. The highest BCUT2D eigenvalue weighted by Crippen LogP contribution is 2.70. The quantitative estimate of drug-likeness (QED) is 0.446. The van der Waals surface area contributed by atoms with Crippen LogP contribution in [0, 0.1) is 0 Å². The smallest absolute Gasteiger partial charge is 0.169 e. The SMILES string of the molecule is CN1CCC23c4c5ccc(O)c4OC2c2oc4ccccc4c2CC3(OCc2ccccc2)C1C5. The third-order valence-electron chi connectivity index (χ3n) is 9.20. The predicted octanol–water partition coefficient (Wildman–Crippen LogP) is 5.28. The number of benzene rings is 3. The Labute approximate surface area is 203 Å². The molecule has 4 aliphatic rings. The molecule has 35 heavy (non-hydrogen) atoms. The molecule has 8 rings (SSSR count). The molecular weight excluding hydrogens is 438 g/mol. The first-order chi connectivity index (χ1) is 17.1. The molecule has 1 fully saturated rings. The maximum Gasteiger partial charge on any atom is 0.169 e. The largest absolute Gasteiger partial charge is 0.504 e. The van der Waals surface area contributed by atoms with Gasteiger partial charge < -0.3 is 23.9 Å². The zero-order chi connectivity index (χ0) is 23.4. The van der Waals surface area contributed by atoms with E-state index in [0.717, 1.165) is 48.1 Å². The van der Waals surface area contributed by atoms with Crippen LogP contribution in [-0.2, 0) is 29.6 Å². The van der Waals surface area contributed by atoms with Crippen LogP contribution in [-0.4, -0.2) is 35.2 Å². The van der Waals surface area contributed by atoms with Gasteiger partial charge in [0.2, 0.25) is 0 Å². The van der Waals surface area contributed by atoms with Crippen molar-refractivity contribution < 1.29 is 19.0 Å². The molecule has 2 aliphatic carbocycles. The molecule has 1 spiro atoms. The Bertz CT molecular complexity index is 1490. The number of rotatable bonds is 3. The highest BCUT2D eigenvalue weighted by molar-refractivity contribution is 5.84. The Balaban J connectivity index is 1.42. The number of phenols is 1. The molecule has 4 unspecified atom stereocenters. The second kappa shape index (κ2) is 6.68. The van der Waals surface area contributed by atoms with Crippen molar-refractivity contribution in [1.29, 1.82) is 0 Å². The molecule has 0 radical (unpaired) electrons. The summed E-state index contributed by atoms with van der Waals surface area (Å²) in [6, 6.07) is 22.8. The highest BCUT2D eigenvalue weighted by Gasteiger charge is 2.74. The van der Waals surface area contributed by atoms with Crippen LogP contribution in [0.25, 0.3) is 11.0 Å². The third-order valence-corrected chi connectivity index (χ3v) is 9.20. The lowest BCUT2D eigenvalue weighted by Gasteiger charge is -2.63. The van der Waals surface area contributed by atoms with Gasteiger partial charge in [-0.05, 0) is 49.7 Å². The average Bonchev–Trinajstić information content (AvgIpc) is 3.43. The molecule has 2 bridgehead atoms. The van der Waals surface area contributed by atoms with Gasteiger partial charge in [0.15, 0.2) is 17.6 Å². The van der Waals surface area contributed by atoms with Gasteiger partial charge in [-0.1, -0.05) is 54.6 Å². The highest BCUT2D eigenvalue weighted by atomic mass is 16.5. The van der Waals surface area contributed by atoms with E-state index in [4.69, 9.17) is 13.9 Å². The minimum Gasteiger partial charge on any atom is -0.504 e. The van der Waals surface area contributed by atoms with Crippen LogP contribution < -0.4 is 4.74 Å². The van der Waals surface area contributed by atoms with Crippen LogP contribution in [0.5, 0.6) is 11.5 Å². The number of hydrogen-bond acceptors (Lipinski definition) is 5. The van der Waals surface area contributed by atoms with Crippen LogP contribution in [0.2, 0.25) is 0 Å². The fourth-order valence-electron chi connectivity index (χ4n) is 7.72. The summed E-state index contributed by atoms with van der Waals surface area (Å²) in [6.45, 7) is 1.49. The van der Waals surface area contributed by atoms with Crippen molar-refractivity contribution in [2.75, 3.05) is 13.6 Å². The van der Waals surface area contributed by atoms with Crippen LogP contribution in [0.15, 0.2) is 71.1 Å². The summed E-state index contributed by atoms with van der Waals surface area (Å²) in [6.07, 6.45) is 2.19. The lowest BCUT2D eigenvalue weighted by molar-refractivity contribution is -0.208. The Morgan fingerprint density at radius 3 is 2.77 bits per heavy atom. The van der Waals surface area contributed by atoms with Gasteiger partial charge in [-0.25, -0.2) is 0 Å². The van der Waals surface area contributed by atoms with E-state index < -0.39 is 11.0 Å². The first-order valence-electron chi connectivity index (χ1n) is 12.5. The summed E-state index contributed by atoms with van der Waals surface area (Å²) in [7, 11) is 2.23. The molecule has 4 aromatic rings. The van der Waals surface area contributed by atoms with Gasteiger partial charge in [0, 0.05) is 29.0 Å². The van der Waals surface area contributed by atoms with E-state index in [2.05, 4.69) is 54.4 Å². The van der Waals surface area contributed by atoms with E-state index in [1.165, 1.54) is 16.7 Å². The van der Waals surface area contributed by atoms with Crippen molar-refractivity contribution in [3.8, 4) is 11.5 Å². The van der Waals surface area contributed by atoms with E-state index >= 15 is 0 Å². The number of para-hydroxylation sites is 1. The number of phenolic OH excluding ortho intramolecular Hbond substituents is 1. The van der Waals surface area contributed by atoms with Gasteiger partial charge >= 0.3 is 0 Å². The van der Waals surface area contributed by atoms with E-state index in [9.17, 15) is 5.11 Å². The zero-order valence-electron chi connectivity index (χ0n) is 19.7. The second-order valence-corrected chi connectivity index (χ2v) is 10.6. The molecule has 0 saturated carbocycles. The summed E-state index contributed by atoms with van der Waals surface area (Å²) < 4.78 is 20.5. The molecule has 0 amide bonds. The van der Waals surface area contributed by atoms with Crippen molar-refractivity contribution >= 4 is 11.0 Å². The number of hydrogen-bond donors (Lipinski definition) is 1. The van der Waals surface area contributed by atoms with Crippen molar-refractivity contribution in [3.63, 3.8) is 0 Å². The maximum absolute atomic E-state index is 10.9. The predicted molar refractivity (Wildman–Crippen MR) is 132 cm³/mol. The summed E-state index contributed by atoms with van der Waals surface area (Å²) in [5.41, 5.74) is 4.72. The lowest BCUT2D eigenvalue weighted by Crippen LogP contribution is -2.74. The lowest BCUT2D eigenvalue weighted by atomic mass is 9.49. The summed E-state index contributed by atoms with van der Waals surface area (Å²) in [5.74, 6) is 1.73. The zero-order valence-corrected chi connectivity index (χ0v) is 19.7. The normalized spacial score (nSPS) is 30.1. The number of furan rings is 1. The minimum atomic E-state index is -0.508. The van der Waals surface area contributed by atoms with Gasteiger partial charge in [0.25, 0.3) is 0 Å². The van der Waals surface area contributed by atoms with E-state index in [0.29, 0.717) is 12.4 Å². The first-order valence-corrected chi connectivity index (χ1v) is 12.5. The van der Waals surface area contributed by atoms with Gasteiger partial charge in [0.05, 0.1) is 12.0 Å². The summed E-state index contributed by atoms with van der Waals surface area (Å²) >= 11 is 0. The second-order valence-electron chi connectivity index (χ2n) is 10.6. The summed E-state index contributed by atoms with van der Waals surface area (Å²) in [5, 5.41) is 12.1. The molecule has 3 aromatic carbocycles. The topological polar surface area (TPSA) is 55.1 Å². The Morgan fingerprint density at radius 2 is 1.89 bits per heavy atom. The number of piperidine rings is 1. The molecule has 1 aromatic heterocycles. The number of likely N-dealkylation sites (N-methyl/N-ethyl adjacent to an activating group) is 1. The van der Waals surface area contributed by atoms with E-state index in [1.54, 1.807) is 6.07 Å². The maximum atomic E-state index is 10.9. The monoisotopic (exact) mass is 465 g/mol. The molecule has 1 saturated heterocycles. The van der Waals surface area contributed by atoms with E-state index in [-0.39, 0.29) is 17.9 Å². The van der Waals surface area contributed by atoms with Crippen LogP contribution >= 0.6 is 0 Å². The molecule has 1 N–H and O–H groups in total.